The molecule has 33 heavy (non-hydrogen) atoms. The molecule has 0 radical (unpaired) electrons. The molecule has 4 nitrogen and oxygen atoms in total. The highest BCUT2D eigenvalue weighted by Crippen LogP contribution is 2.29. The normalized spacial score (nSPS) is 13.5. The summed E-state index contributed by atoms with van der Waals surface area (Å²) >= 11 is 0. The number of carbonyl (C=O) groups excluding carboxylic acids is 1. The summed E-state index contributed by atoms with van der Waals surface area (Å²) in [7, 11) is 0. The molecule has 1 amide bonds. The van der Waals surface area contributed by atoms with E-state index in [1.54, 1.807) is 0 Å². The number of aromatic nitrogens is 1. The summed E-state index contributed by atoms with van der Waals surface area (Å²) in [5.74, 6) is 1.82. The van der Waals surface area contributed by atoms with Crippen molar-refractivity contribution in [3.05, 3.63) is 54.4 Å². The number of nitrogens with one attached hydrogen (secondary N) is 1. The van der Waals surface area contributed by atoms with E-state index in [1.807, 2.05) is 26.8 Å². The van der Waals surface area contributed by atoms with Crippen molar-refractivity contribution in [2.24, 2.45) is 5.92 Å². The number of hydrogen-bond acceptors (Lipinski definition) is 3. The Morgan fingerprint density at radius 3 is 2.39 bits per heavy atom. The van der Waals surface area contributed by atoms with Crippen molar-refractivity contribution in [2.75, 3.05) is 6.54 Å². The fraction of sp³-hybridized carbons (Fsp3) is 0.517. The molecule has 4 heteroatoms. The molecule has 1 saturated carbocycles. The summed E-state index contributed by atoms with van der Waals surface area (Å²) in [5.41, 5.74) is 4.31. The van der Waals surface area contributed by atoms with Gasteiger partial charge in [-0.15, -0.1) is 0 Å². The minimum Gasteiger partial charge on any atom is -0.441 e. The van der Waals surface area contributed by atoms with Gasteiger partial charge in [-0.1, -0.05) is 89.8 Å². The van der Waals surface area contributed by atoms with Crippen LogP contribution in [0.1, 0.15) is 85.0 Å². The lowest BCUT2D eigenvalue weighted by Crippen LogP contribution is -2.22. The summed E-state index contributed by atoms with van der Waals surface area (Å²) in [6.45, 7) is 8.81. The molecule has 0 bridgehead atoms. The monoisotopic (exact) mass is 450 g/mol. The molecule has 3 aromatic rings. The zero-order valence-corrected chi connectivity index (χ0v) is 21.0. The molecule has 0 saturated heterocycles. The van der Waals surface area contributed by atoms with Crippen molar-refractivity contribution in [3.8, 4) is 11.1 Å². The van der Waals surface area contributed by atoms with Crippen LogP contribution in [0.15, 0.2) is 52.9 Å². The Kier molecular flexibility index (Phi) is 12.3. The van der Waals surface area contributed by atoms with Crippen LogP contribution in [0.3, 0.4) is 0 Å². The van der Waals surface area contributed by atoms with E-state index in [4.69, 9.17) is 9.40 Å². The fourth-order valence-corrected chi connectivity index (χ4v) is 4.04. The molecule has 1 N–H and O–H groups in total. The molecule has 0 aliphatic heterocycles. The number of oxazole rings is 1. The molecule has 0 unspecified atom stereocenters. The van der Waals surface area contributed by atoms with E-state index in [-0.39, 0.29) is 5.91 Å². The first kappa shape index (κ1) is 26.6. The van der Waals surface area contributed by atoms with E-state index >= 15 is 0 Å². The third kappa shape index (κ3) is 9.03. The molecule has 4 rings (SSSR count). The summed E-state index contributed by atoms with van der Waals surface area (Å²) < 4.78 is 5.95. The van der Waals surface area contributed by atoms with Gasteiger partial charge >= 0.3 is 0 Å². The van der Waals surface area contributed by atoms with Gasteiger partial charge in [0.1, 0.15) is 5.52 Å². The maximum Gasteiger partial charge on any atom is 0.219 e. The smallest absolute Gasteiger partial charge is 0.219 e. The Balaban J connectivity index is 0.000000299. The third-order valence-corrected chi connectivity index (χ3v) is 5.90. The van der Waals surface area contributed by atoms with E-state index in [9.17, 15) is 4.79 Å². The van der Waals surface area contributed by atoms with Gasteiger partial charge in [-0.05, 0) is 48.4 Å². The summed E-state index contributed by atoms with van der Waals surface area (Å²) in [6, 6.07) is 16.7. The van der Waals surface area contributed by atoms with Crippen LogP contribution in [0.2, 0.25) is 0 Å². The first-order valence-corrected chi connectivity index (χ1v) is 12.9. The second kappa shape index (κ2) is 15.3. The Hall–Kier alpha value is -2.62. The van der Waals surface area contributed by atoms with Crippen LogP contribution >= 0.6 is 0 Å². The van der Waals surface area contributed by atoms with Gasteiger partial charge in [0.05, 0.1) is 0 Å². The van der Waals surface area contributed by atoms with E-state index in [2.05, 4.69) is 54.7 Å². The van der Waals surface area contributed by atoms with Crippen molar-refractivity contribution < 1.29 is 9.21 Å². The topological polar surface area (TPSA) is 55.1 Å². The third-order valence-electron chi connectivity index (χ3n) is 5.90. The van der Waals surface area contributed by atoms with Gasteiger partial charge in [0.15, 0.2) is 11.5 Å². The van der Waals surface area contributed by atoms with Gasteiger partial charge in [-0.3, -0.25) is 4.79 Å². The Morgan fingerprint density at radius 1 is 1.00 bits per heavy atom. The van der Waals surface area contributed by atoms with Crippen molar-refractivity contribution in [1.29, 1.82) is 0 Å². The highest BCUT2D eigenvalue weighted by Gasteiger charge is 2.17. The van der Waals surface area contributed by atoms with Crippen LogP contribution in [-0.4, -0.2) is 17.4 Å². The van der Waals surface area contributed by atoms with E-state index in [0.29, 0.717) is 6.42 Å². The predicted octanol–water partition coefficient (Wildman–Crippen LogP) is 7.96. The molecule has 1 fully saturated rings. The minimum atomic E-state index is 0.156. The summed E-state index contributed by atoms with van der Waals surface area (Å²) in [5, 5.41) is 2.79. The van der Waals surface area contributed by atoms with Gasteiger partial charge < -0.3 is 9.73 Å². The van der Waals surface area contributed by atoms with Gasteiger partial charge in [0, 0.05) is 19.4 Å². The SMILES string of the molecule is CC.CCCCNC(=O)CC.c1ccc(-c2ccc3oc(CC4CCCCC4)nc3c2)cc1. The van der Waals surface area contributed by atoms with E-state index in [1.165, 1.54) is 43.2 Å². The second-order valence-corrected chi connectivity index (χ2v) is 8.42. The lowest BCUT2D eigenvalue weighted by Gasteiger charge is -2.19. The molecule has 1 aliphatic carbocycles. The van der Waals surface area contributed by atoms with Crippen LogP contribution in [0.4, 0.5) is 0 Å². The maximum absolute atomic E-state index is 10.6. The number of nitrogens with zero attached hydrogens (tertiary/aromatic N) is 1. The van der Waals surface area contributed by atoms with Crippen molar-refractivity contribution >= 4 is 17.0 Å². The number of fused-ring (bicyclic) bond motifs is 1. The Bertz CT molecular complexity index is 927. The maximum atomic E-state index is 10.6. The standard InChI is InChI=1S/C20H21NO.C7H15NO.C2H6/c1-3-7-15(8-4-1)13-20-21-18-14-17(11-12-19(18)22-20)16-9-5-2-6-10-16;1-3-5-6-8-7(9)4-2;1-2/h2,5-6,9-12,14-15H,1,3-4,7-8,13H2;3-6H2,1-2H3,(H,8,9);1-2H3. The van der Waals surface area contributed by atoms with E-state index < -0.39 is 0 Å². The van der Waals surface area contributed by atoms with Crippen molar-refractivity contribution in [2.45, 2.75) is 85.5 Å². The van der Waals surface area contributed by atoms with Gasteiger partial charge in [-0.25, -0.2) is 4.98 Å². The lowest BCUT2D eigenvalue weighted by molar-refractivity contribution is -0.120. The quantitative estimate of drug-likeness (QED) is 0.371. The molecular formula is C29H42N2O2. The van der Waals surface area contributed by atoms with Crippen LogP contribution < -0.4 is 5.32 Å². The van der Waals surface area contributed by atoms with Crippen molar-refractivity contribution in [1.82, 2.24) is 10.3 Å². The second-order valence-electron chi connectivity index (χ2n) is 8.42. The van der Waals surface area contributed by atoms with Crippen LogP contribution in [0, 0.1) is 5.92 Å². The number of unbranched alkanes of at least 4 members (excludes halogenated alkanes) is 1. The Labute approximate surface area is 200 Å². The summed E-state index contributed by atoms with van der Waals surface area (Å²) in [6.07, 6.45) is 10.6. The highest BCUT2D eigenvalue weighted by molar-refractivity contribution is 5.80. The van der Waals surface area contributed by atoms with Crippen LogP contribution in [-0.2, 0) is 11.2 Å². The molecular weight excluding hydrogens is 408 g/mol. The van der Waals surface area contributed by atoms with Crippen molar-refractivity contribution in [3.63, 3.8) is 0 Å². The highest BCUT2D eigenvalue weighted by atomic mass is 16.3. The Morgan fingerprint density at radius 2 is 1.73 bits per heavy atom. The van der Waals surface area contributed by atoms with E-state index in [0.717, 1.165) is 48.7 Å². The zero-order valence-electron chi connectivity index (χ0n) is 21.0. The molecule has 1 aliphatic rings. The fourth-order valence-electron chi connectivity index (χ4n) is 4.04. The molecule has 1 aromatic heterocycles. The number of rotatable bonds is 7. The first-order chi connectivity index (χ1) is 16.2. The molecule has 0 spiro atoms. The first-order valence-electron chi connectivity index (χ1n) is 12.9. The van der Waals surface area contributed by atoms with Gasteiger partial charge in [-0.2, -0.15) is 0 Å². The molecule has 2 aromatic carbocycles. The largest absolute Gasteiger partial charge is 0.441 e. The zero-order chi connectivity index (χ0) is 23.9. The van der Waals surface area contributed by atoms with Gasteiger partial charge in [0.2, 0.25) is 5.91 Å². The predicted molar refractivity (Wildman–Crippen MR) is 139 cm³/mol. The number of benzene rings is 2. The summed E-state index contributed by atoms with van der Waals surface area (Å²) in [4.78, 5) is 15.3. The average molecular weight is 451 g/mol. The molecule has 180 valence electrons. The number of amides is 1. The number of hydrogen-bond donors (Lipinski definition) is 1. The average Bonchev–Trinajstić information content (AvgIpc) is 3.28. The lowest BCUT2D eigenvalue weighted by atomic mass is 9.87. The van der Waals surface area contributed by atoms with Gasteiger partial charge in [0.25, 0.3) is 0 Å². The van der Waals surface area contributed by atoms with Crippen LogP contribution in [0.25, 0.3) is 22.2 Å². The van der Waals surface area contributed by atoms with Crippen LogP contribution in [0.5, 0.6) is 0 Å². The number of carbonyl (C=O) groups is 1. The molecule has 1 heterocycles. The minimum absolute atomic E-state index is 0.156. The molecule has 0 atom stereocenters.